The summed E-state index contributed by atoms with van der Waals surface area (Å²) in [5.41, 5.74) is 1.34. The lowest BCUT2D eigenvalue weighted by Crippen LogP contribution is -2.46. The number of nitrogens with one attached hydrogen (secondary N) is 1. The largest absolute Gasteiger partial charge is 0.335 e. The first-order valence-corrected chi connectivity index (χ1v) is 6.03. The van der Waals surface area contributed by atoms with Crippen molar-refractivity contribution in [2.24, 2.45) is 0 Å². The molecule has 1 aromatic rings. The molecule has 1 fully saturated rings. The number of nitrogens with zero attached hydrogens (tertiary/aromatic N) is 4. The molecule has 0 aliphatic carbocycles. The standard InChI is InChI=1S/C11H19N5O/c1-8(2)16-9(3)10(13-14-16)11(17)15-6-4-12-5-7-15/h8,12H,4-7H2,1-3H3. The molecule has 0 atom stereocenters. The highest BCUT2D eigenvalue weighted by molar-refractivity contribution is 5.93. The van der Waals surface area contributed by atoms with Crippen molar-refractivity contribution in [3.63, 3.8) is 0 Å². The van der Waals surface area contributed by atoms with Crippen LogP contribution in [0.1, 0.15) is 36.1 Å². The molecule has 1 saturated heterocycles. The van der Waals surface area contributed by atoms with Crippen LogP contribution in [0, 0.1) is 6.92 Å². The molecule has 0 aromatic carbocycles. The minimum atomic E-state index is -0.00380. The van der Waals surface area contributed by atoms with Crippen LogP contribution in [0.5, 0.6) is 0 Å². The average Bonchev–Trinajstić information content (AvgIpc) is 2.71. The van der Waals surface area contributed by atoms with Gasteiger partial charge in [0.15, 0.2) is 5.69 Å². The molecule has 0 unspecified atom stereocenters. The Morgan fingerprint density at radius 2 is 2.00 bits per heavy atom. The minimum absolute atomic E-state index is 0.00380. The predicted octanol–water partition coefficient (Wildman–Crippen LogP) is 0.213. The lowest BCUT2D eigenvalue weighted by Gasteiger charge is -2.26. The van der Waals surface area contributed by atoms with Gasteiger partial charge in [0.25, 0.3) is 5.91 Å². The van der Waals surface area contributed by atoms with Gasteiger partial charge in [-0.15, -0.1) is 5.10 Å². The van der Waals surface area contributed by atoms with E-state index in [1.165, 1.54) is 0 Å². The van der Waals surface area contributed by atoms with E-state index in [-0.39, 0.29) is 11.9 Å². The Labute approximate surface area is 101 Å². The van der Waals surface area contributed by atoms with Crippen LogP contribution in [0.2, 0.25) is 0 Å². The molecule has 0 saturated carbocycles. The number of piperazine rings is 1. The zero-order valence-corrected chi connectivity index (χ0v) is 10.6. The number of amides is 1. The van der Waals surface area contributed by atoms with Crippen LogP contribution in [0.3, 0.4) is 0 Å². The third kappa shape index (κ3) is 2.31. The molecule has 1 amide bonds. The molecule has 1 aliphatic rings. The van der Waals surface area contributed by atoms with Crippen LogP contribution < -0.4 is 5.32 Å². The van der Waals surface area contributed by atoms with E-state index in [2.05, 4.69) is 15.6 Å². The smallest absolute Gasteiger partial charge is 0.276 e. The molecule has 17 heavy (non-hydrogen) atoms. The van der Waals surface area contributed by atoms with Crippen molar-refractivity contribution in [2.75, 3.05) is 26.2 Å². The number of aromatic nitrogens is 3. The molecule has 2 rings (SSSR count). The molecular formula is C11H19N5O. The van der Waals surface area contributed by atoms with Gasteiger partial charge < -0.3 is 10.2 Å². The average molecular weight is 237 g/mol. The maximum absolute atomic E-state index is 12.2. The van der Waals surface area contributed by atoms with Crippen molar-refractivity contribution in [3.8, 4) is 0 Å². The fourth-order valence-electron chi connectivity index (χ4n) is 2.05. The second-order valence-electron chi connectivity index (χ2n) is 4.60. The van der Waals surface area contributed by atoms with Crippen molar-refractivity contribution in [1.29, 1.82) is 0 Å². The van der Waals surface area contributed by atoms with Crippen LogP contribution in [0.25, 0.3) is 0 Å². The van der Waals surface area contributed by atoms with Gasteiger partial charge in [0.2, 0.25) is 0 Å². The Morgan fingerprint density at radius 1 is 1.35 bits per heavy atom. The lowest BCUT2D eigenvalue weighted by molar-refractivity contribution is 0.0729. The quantitative estimate of drug-likeness (QED) is 0.799. The Bertz CT molecular complexity index is 406. The molecule has 94 valence electrons. The van der Waals surface area contributed by atoms with E-state index in [1.54, 1.807) is 4.68 Å². The molecule has 6 heteroatoms. The summed E-state index contributed by atoms with van der Waals surface area (Å²) < 4.78 is 1.79. The maximum Gasteiger partial charge on any atom is 0.276 e. The number of hydrogen-bond donors (Lipinski definition) is 1. The summed E-state index contributed by atoms with van der Waals surface area (Å²) in [7, 11) is 0. The van der Waals surface area contributed by atoms with E-state index in [1.807, 2.05) is 25.7 Å². The molecular weight excluding hydrogens is 218 g/mol. The van der Waals surface area contributed by atoms with Crippen molar-refractivity contribution in [3.05, 3.63) is 11.4 Å². The summed E-state index contributed by atoms with van der Waals surface area (Å²) in [5.74, 6) is -0.00380. The van der Waals surface area contributed by atoms with Gasteiger partial charge in [0, 0.05) is 32.2 Å². The SMILES string of the molecule is Cc1c(C(=O)N2CCNCC2)nnn1C(C)C. The summed E-state index contributed by atoms with van der Waals surface area (Å²) >= 11 is 0. The summed E-state index contributed by atoms with van der Waals surface area (Å²) in [6.45, 7) is 9.14. The van der Waals surface area contributed by atoms with E-state index < -0.39 is 0 Å². The Balaban J connectivity index is 2.19. The summed E-state index contributed by atoms with van der Waals surface area (Å²) in [6.07, 6.45) is 0. The first-order valence-electron chi connectivity index (χ1n) is 6.03. The summed E-state index contributed by atoms with van der Waals surface area (Å²) in [6, 6.07) is 0.229. The molecule has 1 N–H and O–H groups in total. The first kappa shape index (κ1) is 12.0. The van der Waals surface area contributed by atoms with Gasteiger partial charge in [0.1, 0.15) is 0 Å². The minimum Gasteiger partial charge on any atom is -0.335 e. The van der Waals surface area contributed by atoms with Crippen LogP contribution in [0.15, 0.2) is 0 Å². The fourth-order valence-corrected chi connectivity index (χ4v) is 2.05. The van der Waals surface area contributed by atoms with Crippen LogP contribution in [0.4, 0.5) is 0 Å². The summed E-state index contributed by atoms with van der Waals surface area (Å²) in [4.78, 5) is 14.1. The molecule has 1 aromatic heterocycles. The Morgan fingerprint density at radius 3 is 2.53 bits per heavy atom. The van der Waals surface area contributed by atoms with E-state index in [9.17, 15) is 4.79 Å². The van der Waals surface area contributed by atoms with E-state index in [4.69, 9.17) is 0 Å². The van der Waals surface area contributed by atoms with Crippen molar-refractivity contribution >= 4 is 5.91 Å². The number of carbonyl (C=O) groups is 1. The van der Waals surface area contributed by atoms with Crippen molar-refractivity contribution in [2.45, 2.75) is 26.8 Å². The van der Waals surface area contributed by atoms with Gasteiger partial charge in [-0.2, -0.15) is 0 Å². The van der Waals surface area contributed by atoms with Crippen LogP contribution in [-0.4, -0.2) is 52.0 Å². The van der Waals surface area contributed by atoms with Gasteiger partial charge in [0.05, 0.1) is 5.69 Å². The number of hydrogen-bond acceptors (Lipinski definition) is 4. The molecule has 1 aliphatic heterocycles. The lowest BCUT2D eigenvalue weighted by atomic mass is 10.2. The summed E-state index contributed by atoms with van der Waals surface area (Å²) in [5, 5.41) is 11.3. The second kappa shape index (κ2) is 4.83. The Kier molecular flexibility index (Phi) is 3.42. The second-order valence-corrected chi connectivity index (χ2v) is 4.60. The van der Waals surface area contributed by atoms with Crippen molar-refractivity contribution < 1.29 is 4.79 Å². The number of carbonyl (C=O) groups excluding carboxylic acids is 1. The van der Waals surface area contributed by atoms with E-state index in [0.717, 1.165) is 31.9 Å². The van der Waals surface area contributed by atoms with E-state index in [0.29, 0.717) is 5.69 Å². The third-order valence-electron chi connectivity index (χ3n) is 3.02. The molecule has 2 heterocycles. The zero-order valence-electron chi connectivity index (χ0n) is 10.6. The molecule has 0 bridgehead atoms. The van der Waals surface area contributed by atoms with Crippen molar-refractivity contribution in [1.82, 2.24) is 25.2 Å². The monoisotopic (exact) mass is 237 g/mol. The topological polar surface area (TPSA) is 63.1 Å². The van der Waals surface area contributed by atoms with Crippen LogP contribution >= 0.6 is 0 Å². The van der Waals surface area contributed by atoms with Gasteiger partial charge in [-0.3, -0.25) is 4.79 Å². The van der Waals surface area contributed by atoms with Gasteiger partial charge in [-0.05, 0) is 20.8 Å². The van der Waals surface area contributed by atoms with Gasteiger partial charge in [-0.25, -0.2) is 4.68 Å². The fraction of sp³-hybridized carbons (Fsp3) is 0.727. The van der Waals surface area contributed by atoms with Crippen LogP contribution in [-0.2, 0) is 0 Å². The highest BCUT2D eigenvalue weighted by Crippen LogP contribution is 2.12. The maximum atomic E-state index is 12.2. The third-order valence-corrected chi connectivity index (χ3v) is 3.02. The zero-order chi connectivity index (χ0) is 12.4. The Hall–Kier alpha value is -1.43. The highest BCUT2D eigenvalue weighted by Gasteiger charge is 2.24. The van der Waals surface area contributed by atoms with E-state index >= 15 is 0 Å². The predicted molar refractivity (Wildman–Crippen MR) is 63.9 cm³/mol. The van der Waals surface area contributed by atoms with Gasteiger partial charge >= 0.3 is 0 Å². The number of rotatable bonds is 2. The first-order chi connectivity index (χ1) is 8.11. The normalized spacial score (nSPS) is 16.6. The molecule has 0 spiro atoms. The molecule has 6 nitrogen and oxygen atoms in total. The highest BCUT2D eigenvalue weighted by atomic mass is 16.2. The molecule has 0 radical (unpaired) electrons. The van der Waals surface area contributed by atoms with Gasteiger partial charge in [-0.1, -0.05) is 5.21 Å².